The Morgan fingerprint density at radius 2 is 1.65 bits per heavy atom. The fraction of sp³-hybridized carbons (Fsp3) is 0.333. The third kappa shape index (κ3) is 4.98. The molecule has 0 aliphatic rings. The number of sulfonamides is 1. The number of carbonyl (C=O) groups excluding carboxylic acids is 2. The molecule has 1 rings (SSSR count). The minimum absolute atomic E-state index is 0.0348. The summed E-state index contributed by atoms with van der Waals surface area (Å²) in [6.45, 7) is 2.39. The van der Waals surface area contributed by atoms with Crippen LogP contribution in [0.15, 0.2) is 29.2 Å². The highest BCUT2D eigenvalue weighted by Crippen LogP contribution is 2.08. The number of nitrogens with two attached hydrogens (primary N) is 1. The van der Waals surface area contributed by atoms with Crippen molar-refractivity contribution < 1.29 is 18.0 Å². The average Bonchev–Trinajstić information content (AvgIpc) is 2.38. The van der Waals surface area contributed by atoms with Gasteiger partial charge in [0.2, 0.25) is 10.0 Å². The van der Waals surface area contributed by atoms with Crippen LogP contribution in [0.2, 0.25) is 0 Å². The SMILES string of the molecule is CCNC(=O)C(=O)NCCc1ccc(S(N)(=O)=O)cc1. The number of rotatable bonds is 5. The lowest BCUT2D eigenvalue weighted by Crippen LogP contribution is -2.40. The molecule has 2 amide bonds. The van der Waals surface area contributed by atoms with E-state index in [4.69, 9.17) is 5.14 Å². The molecule has 0 atom stereocenters. The molecule has 0 saturated heterocycles. The van der Waals surface area contributed by atoms with Gasteiger partial charge in [-0.3, -0.25) is 9.59 Å². The minimum atomic E-state index is -3.69. The first kappa shape index (κ1) is 16.1. The number of likely N-dealkylation sites (N-methyl/N-ethyl adjacent to an activating group) is 1. The highest BCUT2D eigenvalue weighted by atomic mass is 32.2. The zero-order valence-electron chi connectivity index (χ0n) is 11.0. The summed E-state index contributed by atoms with van der Waals surface area (Å²) in [6, 6.07) is 6.02. The molecule has 0 unspecified atom stereocenters. The molecular formula is C12H17N3O4S. The first-order valence-corrected chi connectivity index (χ1v) is 7.57. The van der Waals surface area contributed by atoms with Crippen LogP contribution in [0.4, 0.5) is 0 Å². The summed E-state index contributed by atoms with van der Waals surface area (Å²) in [7, 11) is -3.69. The van der Waals surface area contributed by atoms with Crippen LogP contribution >= 0.6 is 0 Å². The molecule has 110 valence electrons. The molecule has 7 nitrogen and oxygen atoms in total. The lowest BCUT2D eigenvalue weighted by molar-refractivity contribution is -0.139. The summed E-state index contributed by atoms with van der Waals surface area (Å²) in [5.41, 5.74) is 0.827. The van der Waals surface area contributed by atoms with Gasteiger partial charge in [0.25, 0.3) is 0 Å². The molecule has 0 spiro atoms. The van der Waals surface area contributed by atoms with Crippen molar-refractivity contribution in [3.63, 3.8) is 0 Å². The molecule has 20 heavy (non-hydrogen) atoms. The molecule has 0 bridgehead atoms. The second kappa shape index (κ2) is 7.01. The van der Waals surface area contributed by atoms with Crippen LogP contribution in [0.25, 0.3) is 0 Å². The van der Waals surface area contributed by atoms with Crippen LogP contribution in [0, 0.1) is 0 Å². The van der Waals surface area contributed by atoms with Gasteiger partial charge in [-0.25, -0.2) is 13.6 Å². The van der Waals surface area contributed by atoms with E-state index in [9.17, 15) is 18.0 Å². The molecule has 0 aromatic heterocycles. The van der Waals surface area contributed by atoms with Crippen molar-refractivity contribution in [1.82, 2.24) is 10.6 Å². The summed E-state index contributed by atoms with van der Waals surface area (Å²) >= 11 is 0. The van der Waals surface area contributed by atoms with Crippen molar-refractivity contribution >= 4 is 21.8 Å². The quantitative estimate of drug-likeness (QED) is 0.612. The van der Waals surface area contributed by atoms with E-state index in [0.29, 0.717) is 13.0 Å². The summed E-state index contributed by atoms with van der Waals surface area (Å²) in [4.78, 5) is 22.5. The van der Waals surface area contributed by atoms with Gasteiger partial charge in [0.05, 0.1) is 4.90 Å². The van der Waals surface area contributed by atoms with E-state index >= 15 is 0 Å². The minimum Gasteiger partial charge on any atom is -0.348 e. The van der Waals surface area contributed by atoms with Crippen LogP contribution < -0.4 is 15.8 Å². The van der Waals surface area contributed by atoms with Gasteiger partial charge in [-0.2, -0.15) is 0 Å². The van der Waals surface area contributed by atoms with Gasteiger partial charge in [0.15, 0.2) is 0 Å². The molecular weight excluding hydrogens is 282 g/mol. The summed E-state index contributed by atoms with van der Waals surface area (Å²) in [5.74, 6) is -1.36. The van der Waals surface area contributed by atoms with Gasteiger partial charge in [0.1, 0.15) is 0 Å². The molecule has 0 radical (unpaired) electrons. The van der Waals surface area contributed by atoms with Crippen LogP contribution in [-0.2, 0) is 26.0 Å². The average molecular weight is 299 g/mol. The summed E-state index contributed by atoms with van der Waals surface area (Å²) < 4.78 is 22.1. The molecule has 8 heteroatoms. The number of carbonyl (C=O) groups is 2. The van der Waals surface area contributed by atoms with Gasteiger partial charge in [0, 0.05) is 13.1 Å². The number of hydrogen-bond acceptors (Lipinski definition) is 4. The Morgan fingerprint density at radius 3 is 2.15 bits per heavy atom. The molecule has 0 saturated carbocycles. The second-order valence-electron chi connectivity index (χ2n) is 4.05. The van der Waals surface area contributed by atoms with Crippen molar-refractivity contribution in [2.24, 2.45) is 5.14 Å². The van der Waals surface area contributed by atoms with E-state index in [1.165, 1.54) is 12.1 Å². The van der Waals surface area contributed by atoms with Crippen molar-refractivity contribution in [2.75, 3.05) is 13.1 Å². The van der Waals surface area contributed by atoms with Gasteiger partial charge >= 0.3 is 11.8 Å². The highest BCUT2D eigenvalue weighted by molar-refractivity contribution is 7.89. The largest absolute Gasteiger partial charge is 0.348 e. The summed E-state index contributed by atoms with van der Waals surface area (Å²) in [6.07, 6.45) is 0.482. The first-order valence-electron chi connectivity index (χ1n) is 6.02. The molecule has 0 heterocycles. The fourth-order valence-corrected chi connectivity index (χ4v) is 2.00. The maximum atomic E-state index is 11.3. The topological polar surface area (TPSA) is 118 Å². The van der Waals surface area contributed by atoms with Gasteiger partial charge < -0.3 is 10.6 Å². The van der Waals surface area contributed by atoms with E-state index in [2.05, 4.69) is 10.6 Å². The predicted octanol–water partition coefficient (Wildman–Crippen LogP) is -0.871. The Balaban J connectivity index is 2.47. The van der Waals surface area contributed by atoms with E-state index < -0.39 is 21.8 Å². The molecule has 1 aromatic rings. The lowest BCUT2D eigenvalue weighted by atomic mass is 10.1. The zero-order valence-corrected chi connectivity index (χ0v) is 11.9. The van der Waals surface area contributed by atoms with Crippen molar-refractivity contribution in [3.05, 3.63) is 29.8 Å². The third-order valence-electron chi connectivity index (χ3n) is 2.49. The number of nitrogens with one attached hydrogen (secondary N) is 2. The molecule has 4 N–H and O–H groups in total. The number of amides is 2. The molecule has 0 aliphatic carbocycles. The Hall–Kier alpha value is -1.93. The Bertz CT molecular complexity index is 581. The van der Waals surface area contributed by atoms with Crippen molar-refractivity contribution in [3.8, 4) is 0 Å². The lowest BCUT2D eigenvalue weighted by Gasteiger charge is -2.05. The Kier molecular flexibility index (Phi) is 5.66. The normalized spacial score (nSPS) is 10.9. The predicted molar refractivity (Wildman–Crippen MR) is 73.2 cm³/mol. The fourth-order valence-electron chi connectivity index (χ4n) is 1.49. The van der Waals surface area contributed by atoms with E-state index in [1.54, 1.807) is 19.1 Å². The number of primary sulfonamides is 1. The Morgan fingerprint density at radius 1 is 1.10 bits per heavy atom. The smallest absolute Gasteiger partial charge is 0.309 e. The monoisotopic (exact) mass is 299 g/mol. The van der Waals surface area contributed by atoms with Gasteiger partial charge in [-0.1, -0.05) is 12.1 Å². The van der Waals surface area contributed by atoms with Crippen molar-refractivity contribution in [1.29, 1.82) is 0 Å². The van der Waals surface area contributed by atoms with E-state index in [-0.39, 0.29) is 11.4 Å². The molecule has 0 fully saturated rings. The molecule has 1 aromatic carbocycles. The van der Waals surface area contributed by atoms with Crippen LogP contribution in [0.3, 0.4) is 0 Å². The zero-order chi connectivity index (χ0) is 15.2. The standard InChI is InChI=1S/C12H17N3O4S/c1-2-14-11(16)12(17)15-8-7-9-3-5-10(6-4-9)20(13,18)19/h3-6H,2,7-8H2,1H3,(H,14,16)(H,15,17)(H2,13,18,19). The second-order valence-corrected chi connectivity index (χ2v) is 5.62. The molecule has 0 aliphatic heterocycles. The maximum absolute atomic E-state index is 11.3. The highest BCUT2D eigenvalue weighted by Gasteiger charge is 2.11. The van der Waals surface area contributed by atoms with Gasteiger partial charge in [-0.15, -0.1) is 0 Å². The Labute approximate surface area is 117 Å². The van der Waals surface area contributed by atoms with Gasteiger partial charge in [-0.05, 0) is 31.0 Å². The van der Waals surface area contributed by atoms with Crippen LogP contribution in [-0.4, -0.2) is 33.3 Å². The number of hydrogen-bond donors (Lipinski definition) is 3. The van der Waals surface area contributed by atoms with Crippen molar-refractivity contribution in [2.45, 2.75) is 18.2 Å². The van der Waals surface area contributed by atoms with Crippen LogP contribution in [0.1, 0.15) is 12.5 Å². The van der Waals surface area contributed by atoms with E-state index in [1.807, 2.05) is 0 Å². The number of benzene rings is 1. The van der Waals surface area contributed by atoms with Crippen LogP contribution in [0.5, 0.6) is 0 Å². The van der Waals surface area contributed by atoms with E-state index in [0.717, 1.165) is 5.56 Å². The third-order valence-corrected chi connectivity index (χ3v) is 3.42. The maximum Gasteiger partial charge on any atom is 0.309 e. The summed E-state index contributed by atoms with van der Waals surface area (Å²) in [5, 5.41) is 9.83. The first-order chi connectivity index (χ1) is 9.34.